The third kappa shape index (κ3) is 6.49. The number of carbonyl (C=O) groups is 2. The van der Waals surface area contributed by atoms with Crippen LogP contribution in [0.5, 0.6) is 5.88 Å². The van der Waals surface area contributed by atoms with E-state index in [4.69, 9.17) is 13.7 Å². The van der Waals surface area contributed by atoms with Crippen LogP contribution in [0.2, 0.25) is 18.1 Å². The third-order valence-electron chi connectivity index (χ3n) is 13.3. The zero-order valence-electron chi connectivity index (χ0n) is 34.1. The second-order valence-electron chi connectivity index (χ2n) is 18.8. The Morgan fingerprint density at radius 2 is 1.78 bits per heavy atom. The van der Waals surface area contributed by atoms with Crippen LogP contribution in [0.3, 0.4) is 0 Å². The average molecular weight is 765 g/mol. The highest BCUT2D eigenvalue weighted by atomic mass is 28.4. The molecule has 1 aromatic heterocycles. The first-order valence-electron chi connectivity index (χ1n) is 19.6. The molecule has 2 heterocycles. The van der Waals surface area contributed by atoms with E-state index in [9.17, 15) is 15.2 Å². The van der Waals surface area contributed by atoms with Crippen molar-refractivity contribution in [1.29, 1.82) is 5.26 Å². The first-order chi connectivity index (χ1) is 25.8. The molecule has 0 radical (unpaired) electrons. The Morgan fingerprint density at radius 1 is 1.11 bits per heavy atom. The second-order valence-corrected chi connectivity index (χ2v) is 23.5. The van der Waals surface area contributed by atoms with E-state index in [1.165, 1.54) is 0 Å². The molecule has 2 aromatic carbocycles. The summed E-state index contributed by atoms with van der Waals surface area (Å²) in [6.45, 7) is 19.6. The zero-order valence-corrected chi connectivity index (χ0v) is 35.1. The molecule has 1 fully saturated rings. The summed E-state index contributed by atoms with van der Waals surface area (Å²) in [5.74, 6) is -1.87. The van der Waals surface area contributed by atoms with Gasteiger partial charge >= 0.3 is 0 Å². The van der Waals surface area contributed by atoms with Crippen LogP contribution < -0.4 is 4.74 Å². The SMILES string of the molecule is Cc1cc(CN2CCC(C)(C)CC2)c(C#N)c2c1C(=O)C1=C(O)[C@]3(O[Si](C)(C)C(C)(C)C)C(=O)c4c(OCc5ccccc5)noc4[C@@H](N(C)C)[C@@H]3C[C@@H]1C2. The van der Waals surface area contributed by atoms with E-state index >= 15 is 4.79 Å². The highest BCUT2D eigenvalue weighted by Gasteiger charge is 2.67. The van der Waals surface area contributed by atoms with Crippen molar-refractivity contribution in [2.24, 2.45) is 17.3 Å². The minimum Gasteiger partial charge on any atom is -0.508 e. The predicted octanol–water partition coefficient (Wildman–Crippen LogP) is 8.50. The molecule has 0 unspecified atom stereocenters. The third-order valence-corrected chi connectivity index (χ3v) is 17.8. The largest absolute Gasteiger partial charge is 0.508 e. The van der Waals surface area contributed by atoms with Crippen molar-refractivity contribution in [3.63, 3.8) is 0 Å². The molecule has 1 N–H and O–H groups in total. The predicted molar refractivity (Wildman–Crippen MR) is 213 cm³/mol. The number of piperidine rings is 1. The fourth-order valence-electron chi connectivity index (χ4n) is 9.16. The van der Waals surface area contributed by atoms with Crippen molar-refractivity contribution in [1.82, 2.24) is 15.0 Å². The lowest BCUT2D eigenvalue weighted by Crippen LogP contribution is -2.65. The van der Waals surface area contributed by atoms with Crippen LogP contribution in [0.1, 0.15) is 114 Å². The molecule has 0 bridgehead atoms. The summed E-state index contributed by atoms with van der Waals surface area (Å²) in [5.41, 5.74) is 3.07. The first kappa shape index (κ1) is 39.2. The van der Waals surface area contributed by atoms with Gasteiger partial charge in [-0.2, -0.15) is 5.26 Å². The summed E-state index contributed by atoms with van der Waals surface area (Å²) in [7, 11) is 0.982. The van der Waals surface area contributed by atoms with Gasteiger partial charge in [0.1, 0.15) is 17.9 Å². The Balaban J connectivity index is 1.37. The number of hydrogen-bond acceptors (Lipinski definition) is 10. The summed E-state index contributed by atoms with van der Waals surface area (Å²) in [6, 6.07) is 13.5. The summed E-state index contributed by atoms with van der Waals surface area (Å²) in [4.78, 5) is 34.8. The van der Waals surface area contributed by atoms with Crippen molar-refractivity contribution < 1.29 is 28.4 Å². The quantitative estimate of drug-likeness (QED) is 0.223. The van der Waals surface area contributed by atoms with E-state index in [0.29, 0.717) is 41.7 Å². The fraction of sp³-hybridized carbons (Fsp3) is 0.545. The van der Waals surface area contributed by atoms with Crippen LogP contribution in [0.15, 0.2) is 52.3 Å². The molecule has 0 amide bonds. The second kappa shape index (κ2) is 13.8. The monoisotopic (exact) mass is 764 g/mol. The number of likely N-dealkylation sites (tertiary alicyclic amines) is 1. The standard InChI is InChI=1S/C44H56N4O6Si/c1-26-20-29(24-48-18-16-43(5,6)17-19-48)31(23-45)30-21-28-22-32-36(47(7)8)38-35(41(46-53-38)52-25-27-14-12-11-13-15-27)40(51)44(32,54-55(9,10)42(2,3)4)39(50)34(28)37(49)33(26)30/h11-15,20,28,32,36,50H,16-19,21-22,24-25H2,1-10H3/t28-,32-,36-,44-/m0/s1. The Bertz CT molecular complexity index is 2100. The van der Waals surface area contributed by atoms with Gasteiger partial charge in [-0.1, -0.05) is 71.0 Å². The van der Waals surface area contributed by atoms with E-state index in [-0.39, 0.29) is 40.2 Å². The van der Waals surface area contributed by atoms with E-state index in [2.05, 4.69) is 63.8 Å². The fourth-order valence-corrected chi connectivity index (χ4v) is 10.6. The number of fused-ring (bicyclic) bond motifs is 4. The number of allylic oxidation sites excluding steroid dienone is 1. The smallest absolute Gasteiger partial charge is 0.265 e. The number of aryl methyl sites for hydroxylation is 1. The van der Waals surface area contributed by atoms with E-state index in [1.54, 1.807) is 0 Å². The van der Waals surface area contributed by atoms with Crippen LogP contribution in [-0.2, 0) is 24.0 Å². The van der Waals surface area contributed by atoms with Crippen molar-refractivity contribution in [2.45, 2.75) is 110 Å². The number of ether oxygens (including phenoxy) is 1. The van der Waals surface area contributed by atoms with Gasteiger partial charge in [-0.15, -0.1) is 0 Å². The number of Topliss-reactive ketones (excluding diaryl/α,β-unsaturated/α-hetero) is 2. The number of ketones is 2. The zero-order chi connectivity index (χ0) is 39.8. The minimum atomic E-state index is -2.85. The lowest BCUT2D eigenvalue weighted by molar-refractivity contribution is -0.0480. The maximum Gasteiger partial charge on any atom is 0.265 e. The van der Waals surface area contributed by atoms with Crippen molar-refractivity contribution in [3.05, 3.63) is 92.4 Å². The molecule has 3 aromatic rings. The number of nitrogens with zero attached hydrogens (tertiary/aromatic N) is 4. The number of rotatable bonds is 8. The molecule has 4 atom stereocenters. The van der Waals surface area contributed by atoms with Crippen LogP contribution in [0.4, 0.5) is 0 Å². The van der Waals surface area contributed by atoms with Gasteiger partial charge < -0.3 is 18.8 Å². The molecule has 11 heteroatoms. The Labute approximate surface area is 326 Å². The number of aliphatic hydroxyl groups excluding tert-OH is 1. The molecule has 1 aliphatic heterocycles. The highest BCUT2D eigenvalue weighted by molar-refractivity contribution is 6.74. The number of carbonyl (C=O) groups excluding carboxylic acids is 2. The molecule has 3 aliphatic carbocycles. The van der Waals surface area contributed by atoms with Crippen molar-refractivity contribution in [3.8, 4) is 11.9 Å². The van der Waals surface area contributed by atoms with E-state index in [1.807, 2.05) is 62.3 Å². The summed E-state index contributed by atoms with van der Waals surface area (Å²) >= 11 is 0. The minimum absolute atomic E-state index is 0.0342. The molecular weight excluding hydrogens is 709 g/mol. The maximum atomic E-state index is 15.5. The lowest BCUT2D eigenvalue weighted by Gasteiger charge is -2.55. The molecule has 7 rings (SSSR count). The molecule has 1 saturated heterocycles. The van der Waals surface area contributed by atoms with Gasteiger partial charge in [0, 0.05) is 23.6 Å². The van der Waals surface area contributed by atoms with Crippen LogP contribution in [0.25, 0.3) is 0 Å². The number of nitriles is 1. The lowest BCUT2D eigenvalue weighted by atomic mass is 9.58. The van der Waals surface area contributed by atoms with Crippen molar-refractivity contribution >= 4 is 19.9 Å². The summed E-state index contributed by atoms with van der Waals surface area (Å²) in [5, 5.41) is 27.5. The molecule has 4 aliphatic rings. The number of aliphatic hydroxyl groups is 1. The number of aromatic nitrogens is 1. The van der Waals surface area contributed by atoms with Gasteiger partial charge in [-0.25, -0.2) is 0 Å². The number of hydrogen-bond donors (Lipinski definition) is 1. The maximum absolute atomic E-state index is 15.5. The summed E-state index contributed by atoms with van der Waals surface area (Å²) < 4.78 is 19.5. The summed E-state index contributed by atoms with van der Waals surface area (Å²) in [6.07, 6.45) is 2.92. The molecule has 10 nitrogen and oxygen atoms in total. The van der Waals surface area contributed by atoms with Crippen molar-refractivity contribution in [2.75, 3.05) is 27.2 Å². The first-order valence-corrected chi connectivity index (χ1v) is 22.6. The molecule has 0 saturated carbocycles. The number of benzene rings is 2. The Kier molecular flexibility index (Phi) is 9.85. The van der Waals surface area contributed by atoms with Gasteiger partial charge in [0.2, 0.25) is 5.78 Å². The molecule has 292 valence electrons. The van der Waals surface area contributed by atoms with E-state index in [0.717, 1.165) is 48.2 Å². The highest BCUT2D eigenvalue weighted by Crippen LogP contribution is 2.59. The average Bonchev–Trinajstić information content (AvgIpc) is 3.52. The van der Waals surface area contributed by atoms with Gasteiger partial charge in [-0.05, 0) is 117 Å². The normalized spacial score (nSPS) is 25.2. The van der Waals surface area contributed by atoms with Gasteiger partial charge in [0.05, 0.1) is 17.7 Å². The van der Waals surface area contributed by atoms with Gasteiger partial charge in [0.25, 0.3) is 5.88 Å². The van der Waals surface area contributed by atoms with Crippen LogP contribution >= 0.6 is 0 Å². The van der Waals surface area contributed by atoms with Gasteiger partial charge in [0.15, 0.2) is 25.5 Å². The Hall–Kier alpha value is -4.08. The van der Waals surface area contributed by atoms with E-state index < -0.39 is 37.6 Å². The molecule has 0 spiro atoms. The van der Waals surface area contributed by atoms with Crippen LogP contribution in [0, 0.1) is 35.5 Å². The topological polar surface area (TPSA) is 129 Å². The van der Waals surface area contributed by atoms with Crippen LogP contribution in [-0.4, -0.2) is 72.7 Å². The molecular formula is C44H56N4O6Si. The molecule has 55 heavy (non-hydrogen) atoms. The van der Waals surface area contributed by atoms with Gasteiger partial charge in [-0.3, -0.25) is 19.4 Å². The Morgan fingerprint density at radius 3 is 2.40 bits per heavy atom.